The fourth-order valence-electron chi connectivity index (χ4n) is 4.60. The number of anilines is 1. The Hall–Kier alpha value is -3.03. The minimum atomic E-state index is -3.39. The molecule has 8 nitrogen and oxygen atoms in total. The minimum absolute atomic E-state index is 0.219. The monoisotopic (exact) mass is 513 g/mol. The van der Waals surface area contributed by atoms with Gasteiger partial charge in [0.2, 0.25) is 10.0 Å². The maximum Gasteiger partial charge on any atom is 0.235 e. The van der Waals surface area contributed by atoms with Gasteiger partial charge in [0.05, 0.1) is 22.0 Å². The lowest BCUT2D eigenvalue weighted by atomic mass is 9.92. The van der Waals surface area contributed by atoms with Gasteiger partial charge < -0.3 is 9.30 Å². The van der Waals surface area contributed by atoms with E-state index in [0.717, 1.165) is 54.1 Å². The third kappa shape index (κ3) is 4.62. The topological polar surface area (TPSA) is 118 Å². The van der Waals surface area contributed by atoms with E-state index in [1.165, 1.54) is 0 Å². The number of hydrogen-bond acceptors (Lipinski definition) is 6. The van der Waals surface area contributed by atoms with Crippen molar-refractivity contribution in [1.29, 1.82) is 5.26 Å². The zero-order chi connectivity index (χ0) is 24.8. The SMILES string of the molecule is CS(=O)(=O)COc1ccc2c(C#N)c(-c3ccc(NS(=O)(=O)C4CCC4)cc3)n(C3CCC3)c2c1. The number of rotatable bonds is 8. The van der Waals surface area contributed by atoms with Gasteiger partial charge in [-0.15, -0.1) is 0 Å². The Kier molecular flexibility index (Phi) is 6.01. The third-order valence-corrected chi connectivity index (χ3v) is 9.29. The normalized spacial score (nSPS) is 16.9. The lowest BCUT2D eigenvalue weighted by Crippen LogP contribution is -2.33. The fraction of sp³-hybridized carbons (Fsp3) is 0.400. The molecule has 184 valence electrons. The summed E-state index contributed by atoms with van der Waals surface area (Å²) in [6, 6.07) is 15.0. The van der Waals surface area contributed by atoms with Gasteiger partial charge in [0.25, 0.3) is 0 Å². The van der Waals surface area contributed by atoms with Gasteiger partial charge in [-0.05, 0) is 61.9 Å². The summed E-state index contributed by atoms with van der Waals surface area (Å²) < 4.78 is 58.4. The molecule has 5 rings (SSSR count). The Morgan fingerprint density at radius 3 is 2.26 bits per heavy atom. The molecule has 10 heteroatoms. The molecule has 2 fully saturated rings. The molecule has 0 unspecified atom stereocenters. The van der Waals surface area contributed by atoms with Crippen molar-refractivity contribution in [1.82, 2.24) is 4.57 Å². The van der Waals surface area contributed by atoms with Crippen LogP contribution in [0.25, 0.3) is 22.2 Å². The second-order valence-corrected chi connectivity index (χ2v) is 13.5. The minimum Gasteiger partial charge on any atom is -0.478 e. The molecule has 2 aliphatic carbocycles. The highest BCUT2D eigenvalue weighted by Crippen LogP contribution is 2.43. The molecule has 3 aromatic rings. The van der Waals surface area contributed by atoms with E-state index >= 15 is 0 Å². The largest absolute Gasteiger partial charge is 0.478 e. The number of aromatic nitrogens is 1. The maximum absolute atomic E-state index is 12.5. The van der Waals surface area contributed by atoms with E-state index in [4.69, 9.17) is 4.74 Å². The Morgan fingerprint density at radius 1 is 1.03 bits per heavy atom. The van der Waals surface area contributed by atoms with Gasteiger partial charge in [0.15, 0.2) is 15.8 Å². The summed E-state index contributed by atoms with van der Waals surface area (Å²) in [5.41, 5.74) is 3.45. The van der Waals surface area contributed by atoms with Crippen LogP contribution in [0.4, 0.5) is 5.69 Å². The number of fused-ring (bicyclic) bond motifs is 1. The van der Waals surface area contributed by atoms with Gasteiger partial charge in [-0.1, -0.05) is 18.6 Å². The highest BCUT2D eigenvalue weighted by Gasteiger charge is 2.31. The van der Waals surface area contributed by atoms with Crippen LogP contribution in [0.2, 0.25) is 0 Å². The Bertz CT molecular complexity index is 1530. The van der Waals surface area contributed by atoms with Crippen LogP contribution in [0, 0.1) is 11.3 Å². The molecule has 0 amide bonds. The zero-order valence-electron chi connectivity index (χ0n) is 19.4. The second-order valence-electron chi connectivity index (χ2n) is 9.43. The number of hydrogen-bond donors (Lipinski definition) is 1. The highest BCUT2D eigenvalue weighted by atomic mass is 32.2. The number of sulfone groups is 1. The molecule has 0 atom stereocenters. The van der Waals surface area contributed by atoms with Crippen LogP contribution in [0.1, 0.15) is 50.1 Å². The van der Waals surface area contributed by atoms with Crippen LogP contribution < -0.4 is 9.46 Å². The molecule has 35 heavy (non-hydrogen) atoms. The van der Waals surface area contributed by atoms with Crippen LogP contribution >= 0.6 is 0 Å². The number of benzene rings is 2. The van der Waals surface area contributed by atoms with Crippen molar-refractivity contribution in [2.75, 3.05) is 16.9 Å². The summed E-state index contributed by atoms with van der Waals surface area (Å²) in [7, 11) is -6.69. The average molecular weight is 514 g/mol. The summed E-state index contributed by atoms with van der Waals surface area (Å²) in [5, 5.41) is 10.5. The zero-order valence-corrected chi connectivity index (χ0v) is 21.0. The highest BCUT2D eigenvalue weighted by molar-refractivity contribution is 7.93. The number of sulfonamides is 1. The predicted octanol–water partition coefficient (Wildman–Crippen LogP) is 4.58. The van der Waals surface area contributed by atoms with E-state index in [1.54, 1.807) is 30.3 Å². The molecule has 2 aromatic carbocycles. The summed E-state index contributed by atoms with van der Waals surface area (Å²) >= 11 is 0. The molecule has 0 bridgehead atoms. The molecule has 0 saturated heterocycles. The first kappa shape index (κ1) is 23.7. The Labute approximate surface area is 205 Å². The van der Waals surface area contributed by atoms with Gasteiger partial charge in [0, 0.05) is 29.4 Å². The van der Waals surface area contributed by atoms with Gasteiger partial charge in [-0.25, -0.2) is 16.8 Å². The van der Waals surface area contributed by atoms with Crippen molar-refractivity contribution in [3.05, 3.63) is 48.0 Å². The van der Waals surface area contributed by atoms with Gasteiger partial charge >= 0.3 is 0 Å². The lowest BCUT2D eigenvalue weighted by molar-refractivity contribution is 0.323. The van der Waals surface area contributed by atoms with E-state index in [9.17, 15) is 22.1 Å². The second kappa shape index (κ2) is 8.88. The first-order valence-corrected chi connectivity index (χ1v) is 15.3. The maximum atomic E-state index is 12.5. The molecule has 2 aliphatic rings. The van der Waals surface area contributed by atoms with Crippen molar-refractivity contribution in [3.8, 4) is 23.1 Å². The molecule has 0 spiro atoms. The van der Waals surface area contributed by atoms with E-state index in [2.05, 4.69) is 15.4 Å². The van der Waals surface area contributed by atoms with Gasteiger partial charge in [0.1, 0.15) is 11.8 Å². The quantitative estimate of drug-likeness (QED) is 0.471. The Morgan fingerprint density at radius 2 is 1.71 bits per heavy atom. The number of nitrogens with zero attached hydrogens (tertiary/aromatic N) is 2. The average Bonchev–Trinajstić information content (AvgIpc) is 3.02. The number of nitriles is 1. The van der Waals surface area contributed by atoms with Gasteiger partial charge in [-0.3, -0.25) is 4.72 Å². The van der Waals surface area contributed by atoms with Crippen LogP contribution in [0.3, 0.4) is 0 Å². The van der Waals surface area contributed by atoms with E-state index < -0.39 is 25.8 Å². The number of ether oxygens (including phenoxy) is 1. The Balaban J connectivity index is 1.55. The molecule has 1 heterocycles. The summed E-state index contributed by atoms with van der Waals surface area (Å²) in [4.78, 5) is 0. The van der Waals surface area contributed by atoms with Crippen molar-refractivity contribution in [2.45, 2.75) is 49.8 Å². The summed E-state index contributed by atoms with van der Waals surface area (Å²) in [5.74, 6) is 0.0107. The standard InChI is InChI=1S/C25H27N3O5S2/c1-34(29,30)16-33-20-12-13-22-23(15-26)25(28(24(22)14-20)19-4-2-5-19)17-8-10-18(11-9-17)27-35(31,32)21-6-3-7-21/h8-14,19,21,27H,2-7,16H2,1H3. The molecule has 0 radical (unpaired) electrons. The molecule has 1 N–H and O–H groups in total. The van der Waals surface area contributed by atoms with E-state index in [-0.39, 0.29) is 11.3 Å². The fourth-order valence-corrected chi connectivity index (χ4v) is 6.54. The summed E-state index contributed by atoms with van der Waals surface area (Å²) in [6.07, 6.45) is 6.49. The third-order valence-electron chi connectivity index (χ3n) is 6.88. The summed E-state index contributed by atoms with van der Waals surface area (Å²) in [6.45, 7) is 0. The first-order chi connectivity index (χ1) is 16.7. The molecule has 1 aromatic heterocycles. The lowest BCUT2D eigenvalue weighted by Gasteiger charge is -2.30. The van der Waals surface area contributed by atoms with Crippen LogP contribution in [-0.4, -0.2) is 38.8 Å². The van der Waals surface area contributed by atoms with E-state index in [1.807, 2.05) is 12.1 Å². The molecule has 0 aliphatic heterocycles. The van der Waals surface area contributed by atoms with Crippen molar-refractivity contribution < 1.29 is 21.6 Å². The van der Waals surface area contributed by atoms with Crippen LogP contribution in [0.15, 0.2) is 42.5 Å². The van der Waals surface area contributed by atoms with Crippen LogP contribution in [0.5, 0.6) is 5.75 Å². The van der Waals surface area contributed by atoms with Crippen molar-refractivity contribution >= 4 is 36.5 Å². The number of nitrogens with one attached hydrogen (secondary N) is 1. The van der Waals surface area contributed by atoms with Gasteiger partial charge in [-0.2, -0.15) is 5.26 Å². The smallest absolute Gasteiger partial charge is 0.235 e. The first-order valence-electron chi connectivity index (χ1n) is 11.7. The molecular weight excluding hydrogens is 486 g/mol. The molecule has 2 saturated carbocycles. The van der Waals surface area contributed by atoms with Crippen molar-refractivity contribution in [2.24, 2.45) is 0 Å². The van der Waals surface area contributed by atoms with Crippen molar-refractivity contribution in [3.63, 3.8) is 0 Å². The van der Waals surface area contributed by atoms with E-state index in [0.29, 0.717) is 29.8 Å². The molecular formula is C25H27N3O5S2. The predicted molar refractivity (Wildman–Crippen MR) is 135 cm³/mol. The van der Waals surface area contributed by atoms with Crippen LogP contribution in [-0.2, 0) is 19.9 Å².